The molecule has 0 rings (SSSR count). The Bertz CT molecular complexity index is 220. The molecule has 0 amide bonds. The van der Waals surface area contributed by atoms with Gasteiger partial charge in [0.2, 0.25) is 0 Å². The van der Waals surface area contributed by atoms with Gasteiger partial charge in [0.15, 0.2) is 0 Å². The lowest BCUT2D eigenvalue weighted by Crippen LogP contribution is -2.25. The number of alkyl halides is 4. The predicted octanol–water partition coefficient (Wildman–Crippen LogP) is 5.52. The van der Waals surface area contributed by atoms with Crippen molar-refractivity contribution in [1.82, 2.24) is 0 Å². The van der Waals surface area contributed by atoms with Gasteiger partial charge in [-0.05, 0) is 32.3 Å². The molecule has 0 fully saturated rings. The zero-order chi connectivity index (χ0) is 12.1. The molecule has 0 unspecified atom stereocenters. The molecule has 0 aromatic heterocycles. The van der Waals surface area contributed by atoms with Crippen LogP contribution in [0.1, 0.15) is 26.7 Å². The van der Waals surface area contributed by atoms with Gasteiger partial charge in [-0.1, -0.05) is 27.5 Å². The van der Waals surface area contributed by atoms with E-state index in [4.69, 9.17) is 46.4 Å². The highest BCUT2D eigenvalue weighted by atomic mass is 79.9. The van der Waals surface area contributed by atoms with Gasteiger partial charge in [-0.15, -0.1) is 34.8 Å². The molecule has 15 heavy (non-hydrogen) atoms. The lowest BCUT2D eigenvalue weighted by Gasteiger charge is -2.22. The summed E-state index contributed by atoms with van der Waals surface area (Å²) in [6, 6.07) is 0. The molecule has 0 spiro atoms. The second-order valence-corrected chi connectivity index (χ2v) is 6.63. The van der Waals surface area contributed by atoms with E-state index in [1.165, 1.54) is 0 Å². The van der Waals surface area contributed by atoms with E-state index in [-0.39, 0.29) is 5.38 Å². The first kappa shape index (κ1) is 16.4. The van der Waals surface area contributed by atoms with Crippen LogP contribution in [0.15, 0.2) is 10.6 Å². The maximum atomic E-state index is 6.16. The minimum Gasteiger partial charge on any atom is -0.121 e. The Morgan fingerprint density at radius 1 is 1.40 bits per heavy atom. The molecule has 0 radical (unpaired) electrons. The maximum absolute atomic E-state index is 6.16. The van der Waals surface area contributed by atoms with Crippen molar-refractivity contribution in [2.24, 2.45) is 0 Å². The molecule has 0 nitrogen and oxygen atoms in total. The standard InChI is InChI=1S/C10H15BrCl4/c1-10(2,15)9(14)4-3-7(5-11)8(13)6-12/h9H,3-6H2,1-2H3/b8-7+/t9-/m0/s1. The molecule has 0 aromatic carbocycles. The molecule has 0 aromatic rings. The first-order valence-electron chi connectivity index (χ1n) is 4.64. The van der Waals surface area contributed by atoms with E-state index in [0.717, 1.165) is 23.7 Å². The summed E-state index contributed by atoms with van der Waals surface area (Å²) < 4.78 is 0. The Labute approximate surface area is 120 Å². The Balaban J connectivity index is 4.25. The molecular weight excluding hydrogens is 342 g/mol. The summed E-state index contributed by atoms with van der Waals surface area (Å²) in [7, 11) is 0. The van der Waals surface area contributed by atoms with Gasteiger partial charge in [0.1, 0.15) is 0 Å². The zero-order valence-electron chi connectivity index (χ0n) is 8.80. The summed E-state index contributed by atoms with van der Waals surface area (Å²) in [5, 5.41) is 1.35. The fraction of sp³-hybridized carbons (Fsp3) is 0.800. The summed E-state index contributed by atoms with van der Waals surface area (Å²) in [5.74, 6) is 0.347. The van der Waals surface area contributed by atoms with E-state index >= 15 is 0 Å². The molecule has 0 N–H and O–H groups in total. The zero-order valence-corrected chi connectivity index (χ0v) is 13.4. The van der Waals surface area contributed by atoms with Gasteiger partial charge < -0.3 is 0 Å². The SMILES string of the molecule is CC(C)(Cl)[C@@H](Cl)CC/C(CBr)=C(\Cl)CCl. The van der Waals surface area contributed by atoms with Gasteiger partial charge in [0, 0.05) is 10.4 Å². The molecule has 0 aliphatic carbocycles. The van der Waals surface area contributed by atoms with Gasteiger partial charge in [-0.2, -0.15) is 0 Å². The summed E-state index contributed by atoms with van der Waals surface area (Å²) in [5.41, 5.74) is 1.10. The number of hydrogen-bond acceptors (Lipinski definition) is 0. The maximum Gasteiger partial charge on any atom is 0.0581 e. The molecule has 0 heterocycles. The Hall–Kier alpha value is 1.38. The highest BCUT2D eigenvalue weighted by Gasteiger charge is 2.24. The van der Waals surface area contributed by atoms with Gasteiger partial charge in [-0.25, -0.2) is 0 Å². The van der Waals surface area contributed by atoms with E-state index in [1.54, 1.807) is 0 Å². The van der Waals surface area contributed by atoms with Crippen LogP contribution in [-0.4, -0.2) is 21.5 Å². The smallest absolute Gasteiger partial charge is 0.0581 e. The van der Waals surface area contributed by atoms with E-state index in [0.29, 0.717) is 10.9 Å². The number of allylic oxidation sites excluding steroid dienone is 2. The molecule has 0 saturated carbocycles. The van der Waals surface area contributed by atoms with Crippen molar-refractivity contribution in [2.75, 3.05) is 11.2 Å². The normalized spacial score (nSPS) is 16.2. The van der Waals surface area contributed by atoms with Crippen molar-refractivity contribution in [3.8, 4) is 0 Å². The Kier molecular flexibility index (Phi) is 8.36. The number of halogens is 5. The van der Waals surface area contributed by atoms with Gasteiger partial charge in [-0.3, -0.25) is 0 Å². The number of rotatable bonds is 6. The molecule has 0 bridgehead atoms. The van der Waals surface area contributed by atoms with Crippen molar-refractivity contribution in [2.45, 2.75) is 36.9 Å². The number of hydrogen-bond donors (Lipinski definition) is 0. The summed E-state index contributed by atoms with van der Waals surface area (Å²) >= 11 is 27.3. The molecule has 90 valence electrons. The van der Waals surface area contributed by atoms with E-state index in [1.807, 2.05) is 13.8 Å². The van der Waals surface area contributed by atoms with E-state index in [2.05, 4.69) is 15.9 Å². The highest BCUT2D eigenvalue weighted by Crippen LogP contribution is 2.29. The van der Waals surface area contributed by atoms with Crippen LogP contribution in [0.2, 0.25) is 0 Å². The Morgan fingerprint density at radius 3 is 2.27 bits per heavy atom. The van der Waals surface area contributed by atoms with Gasteiger partial charge in [0.25, 0.3) is 0 Å². The van der Waals surface area contributed by atoms with Crippen molar-refractivity contribution < 1.29 is 0 Å². The molecule has 0 saturated heterocycles. The van der Waals surface area contributed by atoms with Crippen LogP contribution in [0.5, 0.6) is 0 Å². The van der Waals surface area contributed by atoms with Crippen molar-refractivity contribution in [3.05, 3.63) is 10.6 Å². The first-order chi connectivity index (χ1) is 6.82. The second kappa shape index (κ2) is 7.66. The van der Waals surface area contributed by atoms with Crippen LogP contribution in [0, 0.1) is 0 Å². The quantitative estimate of drug-likeness (QED) is 0.550. The summed E-state index contributed by atoms with van der Waals surface area (Å²) in [6.07, 6.45) is 1.62. The fourth-order valence-corrected chi connectivity index (χ4v) is 2.36. The van der Waals surface area contributed by atoms with E-state index < -0.39 is 4.87 Å². The Morgan fingerprint density at radius 2 is 1.93 bits per heavy atom. The lowest BCUT2D eigenvalue weighted by atomic mass is 10.0. The van der Waals surface area contributed by atoms with E-state index in [9.17, 15) is 0 Å². The predicted molar refractivity (Wildman–Crippen MR) is 76.2 cm³/mol. The molecule has 1 atom stereocenters. The lowest BCUT2D eigenvalue weighted by molar-refractivity contribution is 0.599. The van der Waals surface area contributed by atoms with Gasteiger partial charge in [0.05, 0.1) is 16.1 Å². The van der Waals surface area contributed by atoms with Gasteiger partial charge >= 0.3 is 0 Å². The molecule has 0 aliphatic rings. The van der Waals surface area contributed by atoms with Crippen LogP contribution >= 0.6 is 62.3 Å². The molecule has 0 aliphatic heterocycles. The third-order valence-electron chi connectivity index (χ3n) is 2.11. The third kappa shape index (κ3) is 6.63. The summed E-state index contributed by atoms with van der Waals surface area (Å²) in [6.45, 7) is 3.82. The monoisotopic (exact) mass is 354 g/mol. The minimum absolute atomic E-state index is 0.0759. The van der Waals surface area contributed by atoms with Crippen molar-refractivity contribution >= 4 is 62.3 Å². The third-order valence-corrected chi connectivity index (χ3v) is 4.73. The topological polar surface area (TPSA) is 0 Å². The average molecular weight is 357 g/mol. The average Bonchev–Trinajstić information content (AvgIpc) is 2.16. The highest BCUT2D eigenvalue weighted by molar-refractivity contribution is 9.09. The van der Waals surface area contributed by atoms with Crippen LogP contribution in [0.3, 0.4) is 0 Å². The largest absolute Gasteiger partial charge is 0.121 e. The fourth-order valence-electron chi connectivity index (χ4n) is 1.01. The van der Waals surface area contributed by atoms with Crippen LogP contribution in [-0.2, 0) is 0 Å². The van der Waals surface area contributed by atoms with Crippen molar-refractivity contribution in [3.63, 3.8) is 0 Å². The van der Waals surface area contributed by atoms with Crippen LogP contribution < -0.4 is 0 Å². The molecular formula is C10H15BrCl4. The first-order valence-corrected chi connectivity index (χ1v) is 7.49. The minimum atomic E-state index is -0.396. The van der Waals surface area contributed by atoms with Crippen LogP contribution in [0.4, 0.5) is 0 Å². The molecule has 5 heteroatoms. The summed E-state index contributed by atoms with van der Waals surface area (Å²) in [4.78, 5) is -0.396. The second-order valence-electron chi connectivity index (χ2n) is 3.85. The van der Waals surface area contributed by atoms with Crippen LogP contribution in [0.25, 0.3) is 0 Å². The van der Waals surface area contributed by atoms with Crippen molar-refractivity contribution in [1.29, 1.82) is 0 Å².